The molecule has 0 aliphatic carbocycles. The average molecular weight is 449 g/mol. The van der Waals surface area contributed by atoms with E-state index in [1.807, 2.05) is 6.07 Å². The van der Waals surface area contributed by atoms with Gasteiger partial charge in [-0.05, 0) is 54.7 Å². The van der Waals surface area contributed by atoms with Gasteiger partial charge in [0.25, 0.3) is 0 Å². The Labute approximate surface area is 183 Å². The van der Waals surface area contributed by atoms with Crippen LogP contribution >= 0.6 is 0 Å². The number of ether oxygens (including phenoxy) is 1. The van der Waals surface area contributed by atoms with Crippen LogP contribution in [0.15, 0.2) is 58.4 Å². The summed E-state index contributed by atoms with van der Waals surface area (Å²) in [5, 5.41) is 6.37. The van der Waals surface area contributed by atoms with E-state index in [1.54, 1.807) is 37.4 Å². The van der Waals surface area contributed by atoms with E-state index in [9.17, 15) is 12.8 Å². The number of benzene rings is 2. The Kier molecular flexibility index (Phi) is 8.39. The highest BCUT2D eigenvalue weighted by Crippen LogP contribution is 2.14. The Balaban J connectivity index is 1.44. The number of nitrogens with zero attached hydrogens (tertiary/aromatic N) is 1. The molecule has 1 saturated heterocycles. The third-order valence-corrected chi connectivity index (χ3v) is 6.48. The summed E-state index contributed by atoms with van der Waals surface area (Å²) in [7, 11) is -1.88. The first kappa shape index (κ1) is 23.2. The maximum Gasteiger partial charge on any atom is 0.240 e. The Morgan fingerprint density at radius 3 is 2.65 bits per heavy atom. The third kappa shape index (κ3) is 7.30. The van der Waals surface area contributed by atoms with Gasteiger partial charge in [-0.1, -0.05) is 24.3 Å². The second-order valence-corrected chi connectivity index (χ2v) is 9.13. The molecule has 1 heterocycles. The molecule has 0 amide bonds. The molecule has 9 heteroatoms. The van der Waals surface area contributed by atoms with E-state index in [0.717, 1.165) is 24.0 Å². The minimum Gasteiger partial charge on any atom is -0.377 e. The second kappa shape index (κ2) is 11.2. The molecule has 1 atom stereocenters. The quantitative estimate of drug-likeness (QED) is 0.404. The van der Waals surface area contributed by atoms with Gasteiger partial charge in [-0.3, -0.25) is 4.99 Å². The van der Waals surface area contributed by atoms with E-state index in [1.165, 1.54) is 12.1 Å². The monoisotopic (exact) mass is 448 g/mol. The van der Waals surface area contributed by atoms with Gasteiger partial charge in [-0.2, -0.15) is 0 Å². The van der Waals surface area contributed by atoms with E-state index in [2.05, 4.69) is 20.3 Å². The van der Waals surface area contributed by atoms with E-state index in [4.69, 9.17) is 4.74 Å². The van der Waals surface area contributed by atoms with E-state index in [-0.39, 0.29) is 16.8 Å². The average Bonchev–Trinajstić information content (AvgIpc) is 3.29. The Bertz CT molecular complexity index is 975. The number of hydrogen-bond acceptors (Lipinski definition) is 4. The van der Waals surface area contributed by atoms with Gasteiger partial charge in [0.1, 0.15) is 5.82 Å². The highest BCUT2D eigenvalue weighted by Gasteiger charge is 2.20. The zero-order valence-corrected chi connectivity index (χ0v) is 18.4. The van der Waals surface area contributed by atoms with Crippen LogP contribution in [0.4, 0.5) is 4.39 Å². The van der Waals surface area contributed by atoms with Crippen molar-refractivity contribution >= 4 is 16.0 Å². The van der Waals surface area contributed by atoms with Crippen LogP contribution < -0.4 is 15.4 Å². The Morgan fingerprint density at radius 2 is 1.97 bits per heavy atom. The van der Waals surface area contributed by atoms with Crippen LogP contribution in [-0.4, -0.2) is 47.2 Å². The fourth-order valence-corrected chi connectivity index (χ4v) is 4.37. The summed E-state index contributed by atoms with van der Waals surface area (Å²) in [5.41, 5.74) is 1.83. The topological polar surface area (TPSA) is 91.8 Å². The van der Waals surface area contributed by atoms with Crippen molar-refractivity contribution in [2.75, 3.05) is 26.7 Å². The highest BCUT2D eigenvalue weighted by molar-refractivity contribution is 7.89. The summed E-state index contributed by atoms with van der Waals surface area (Å²) in [4.78, 5) is 4.40. The summed E-state index contributed by atoms with van der Waals surface area (Å²) in [6.07, 6.45) is 2.48. The van der Waals surface area contributed by atoms with Gasteiger partial charge < -0.3 is 15.4 Å². The van der Waals surface area contributed by atoms with E-state index in [0.29, 0.717) is 38.6 Å². The number of rotatable bonds is 9. The van der Waals surface area contributed by atoms with Crippen molar-refractivity contribution in [2.24, 2.45) is 4.99 Å². The van der Waals surface area contributed by atoms with Crippen molar-refractivity contribution < 1.29 is 17.5 Å². The first-order valence-electron chi connectivity index (χ1n) is 10.4. The van der Waals surface area contributed by atoms with Gasteiger partial charge in [0.05, 0.1) is 11.0 Å². The molecule has 168 valence electrons. The van der Waals surface area contributed by atoms with Crippen LogP contribution in [0, 0.1) is 5.82 Å². The number of nitrogens with one attached hydrogen (secondary N) is 3. The number of aliphatic imine (C=N–C) groups is 1. The second-order valence-electron chi connectivity index (χ2n) is 7.36. The van der Waals surface area contributed by atoms with Crippen molar-refractivity contribution in [3.63, 3.8) is 0 Å². The van der Waals surface area contributed by atoms with Crippen molar-refractivity contribution in [2.45, 2.75) is 36.8 Å². The first-order chi connectivity index (χ1) is 15.0. The molecular formula is C22H29FN4O3S. The Hall–Kier alpha value is -2.49. The van der Waals surface area contributed by atoms with Crippen LogP contribution in [-0.2, 0) is 27.7 Å². The molecule has 31 heavy (non-hydrogen) atoms. The lowest BCUT2D eigenvalue weighted by atomic mass is 10.1. The maximum atomic E-state index is 13.2. The zero-order valence-electron chi connectivity index (χ0n) is 17.6. The van der Waals surface area contributed by atoms with E-state index < -0.39 is 10.0 Å². The molecule has 2 aromatic carbocycles. The van der Waals surface area contributed by atoms with Crippen molar-refractivity contribution in [3.8, 4) is 0 Å². The summed E-state index contributed by atoms with van der Waals surface area (Å²) >= 11 is 0. The van der Waals surface area contributed by atoms with Crippen molar-refractivity contribution in [1.82, 2.24) is 15.4 Å². The SMILES string of the molecule is CN=C(NCCc1cccc(F)c1)NCc1ccc(S(=O)(=O)NCC2CCCO2)cc1. The van der Waals surface area contributed by atoms with Crippen LogP contribution in [0.1, 0.15) is 24.0 Å². The molecule has 1 unspecified atom stereocenters. The molecule has 3 N–H and O–H groups in total. The normalized spacial score (nSPS) is 17.0. The summed E-state index contributed by atoms with van der Waals surface area (Å²) in [6.45, 7) is 2.08. The molecular weight excluding hydrogens is 419 g/mol. The highest BCUT2D eigenvalue weighted by atomic mass is 32.2. The van der Waals surface area contributed by atoms with Crippen molar-refractivity contribution in [3.05, 3.63) is 65.5 Å². The van der Waals surface area contributed by atoms with Gasteiger partial charge in [-0.25, -0.2) is 17.5 Å². The van der Waals surface area contributed by atoms with Gasteiger partial charge in [-0.15, -0.1) is 0 Å². The molecule has 0 spiro atoms. The predicted octanol–water partition coefficient (Wildman–Crippen LogP) is 2.19. The lowest BCUT2D eigenvalue weighted by Gasteiger charge is -2.13. The van der Waals surface area contributed by atoms with Gasteiger partial charge in [0.2, 0.25) is 10.0 Å². The lowest BCUT2D eigenvalue weighted by molar-refractivity contribution is 0.114. The number of halogens is 1. The van der Waals surface area contributed by atoms with Gasteiger partial charge in [0.15, 0.2) is 5.96 Å². The smallest absolute Gasteiger partial charge is 0.240 e. The molecule has 0 radical (unpaired) electrons. The molecule has 1 aliphatic rings. The molecule has 0 saturated carbocycles. The molecule has 0 aromatic heterocycles. The van der Waals surface area contributed by atoms with Gasteiger partial charge >= 0.3 is 0 Å². The Morgan fingerprint density at radius 1 is 1.16 bits per heavy atom. The van der Waals surface area contributed by atoms with Crippen LogP contribution in [0.25, 0.3) is 0 Å². The molecule has 1 aliphatic heterocycles. The van der Waals surface area contributed by atoms with Crippen LogP contribution in [0.5, 0.6) is 0 Å². The number of hydrogen-bond donors (Lipinski definition) is 3. The van der Waals surface area contributed by atoms with E-state index >= 15 is 0 Å². The molecule has 7 nitrogen and oxygen atoms in total. The number of guanidine groups is 1. The summed E-state index contributed by atoms with van der Waals surface area (Å²) in [6, 6.07) is 13.2. The fraction of sp³-hybridized carbons (Fsp3) is 0.409. The molecule has 2 aromatic rings. The standard InChI is InChI=1S/C22H29FN4O3S/c1-24-22(25-12-11-17-4-2-5-19(23)14-17)26-15-18-7-9-21(10-8-18)31(28,29)27-16-20-6-3-13-30-20/h2,4-5,7-10,14,20,27H,3,6,11-13,15-16H2,1H3,(H2,24,25,26). The molecule has 0 bridgehead atoms. The predicted molar refractivity (Wildman–Crippen MR) is 119 cm³/mol. The fourth-order valence-electron chi connectivity index (χ4n) is 3.30. The summed E-state index contributed by atoms with van der Waals surface area (Å²) < 4.78 is 46.2. The van der Waals surface area contributed by atoms with Crippen molar-refractivity contribution in [1.29, 1.82) is 0 Å². The number of sulfonamides is 1. The largest absolute Gasteiger partial charge is 0.377 e. The minimum absolute atomic E-state index is 0.0431. The van der Waals surface area contributed by atoms with Crippen LogP contribution in [0.2, 0.25) is 0 Å². The third-order valence-electron chi connectivity index (χ3n) is 5.04. The van der Waals surface area contributed by atoms with Crippen LogP contribution in [0.3, 0.4) is 0 Å². The van der Waals surface area contributed by atoms with Gasteiger partial charge in [0, 0.05) is 33.3 Å². The maximum absolute atomic E-state index is 13.2. The molecule has 1 fully saturated rings. The summed E-state index contributed by atoms with van der Waals surface area (Å²) in [5.74, 6) is 0.374. The minimum atomic E-state index is -3.56. The molecule has 3 rings (SSSR count). The first-order valence-corrected chi connectivity index (χ1v) is 11.8. The zero-order chi connectivity index (χ0) is 22.1. The lowest BCUT2D eigenvalue weighted by Crippen LogP contribution is -2.37.